The molecule has 0 bridgehead atoms. The lowest BCUT2D eigenvalue weighted by molar-refractivity contribution is 0.296. The van der Waals surface area contributed by atoms with Crippen LogP contribution < -0.4 is 14.8 Å². The quantitative estimate of drug-likeness (QED) is 0.402. The predicted molar refractivity (Wildman–Crippen MR) is 116 cm³/mol. The topological polar surface area (TPSA) is 46.1 Å². The van der Waals surface area contributed by atoms with Crippen molar-refractivity contribution in [2.24, 2.45) is 4.99 Å². The van der Waals surface area contributed by atoms with Crippen LogP contribution in [0.1, 0.15) is 25.8 Å². The summed E-state index contributed by atoms with van der Waals surface area (Å²) in [6.45, 7) is 8.72. The molecule has 2 heterocycles. The van der Waals surface area contributed by atoms with Crippen molar-refractivity contribution in [2.45, 2.75) is 31.6 Å². The van der Waals surface area contributed by atoms with Gasteiger partial charge in [-0.3, -0.25) is 4.99 Å². The van der Waals surface area contributed by atoms with E-state index in [0.717, 1.165) is 48.3 Å². The lowest BCUT2D eigenvalue weighted by Gasteiger charge is -2.39. The molecule has 140 valence electrons. The number of fused-ring (bicyclic) bond motifs is 1. The Morgan fingerprint density at radius 2 is 2.12 bits per heavy atom. The number of ether oxygens (including phenoxy) is 2. The number of halogens is 1. The summed E-state index contributed by atoms with van der Waals surface area (Å²) in [5.41, 5.74) is 1.11. The Hall–Kier alpha value is -0.830. The molecule has 1 N–H and O–H groups in total. The Balaban J connectivity index is 0.00000225. The molecule has 0 radical (unpaired) electrons. The summed E-state index contributed by atoms with van der Waals surface area (Å²) >= 11 is 2.03. The van der Waals surface area contributed by atoms with Crippen LogP contribution in [0.4, 0.5) is 0 Å². The van der Waals surface area contributed by atoms with Crippen LogP contribution >= 0.6 is 35.7 Å². The molecule has 1 fully saturated rings. The fourth-order valence-corrected chi connectivity index (χ4v) is 4.21. The van der Waals surface area contributed by atoms with Gasteiger partial charge in [0.25, 0.3) is 0 Å². The van der Waals surface area contributed by atoms with Gasteiger partial charge in [-0.2, -0.15) is 11.8 Å². The second kappa shape index (κ2) is 9.21. The Morgan fingerprint density at radius 1 is 1.32 bits per heavy atom. The van der Waals surface area contributed by atoms with Crippen LogP contribution in [-0.4, -0.2) is 54.7 Å². The number of hydrogen-bond donors (Lipinski definition) is 1. The maximum Gasteiger partial charge on any atom is 0.193 e. The number of aliphatic imine (C=N–C) groups is 1. The van der Waals surface area contributed by atoms with Crippen molar-refractivity contribution in [3.63, 3.8) is 0 Å². The van der Waals surface area contributed by atoms with Crippen molar-refractivity contribution in [3.05, 3.63) is 23.8 Å². The van der Waals surface area contributed by atoms with Gasteiger partial charge in [-0.15, -0.1) is 24.0 Å². The van der Waals surface area contributed by atoms with Crippen LogP contribution in [-0.2, 0) is 6.54 Å². The van der Waals surface area contributed by atoms with Crippen LogP contribution in [0.3, 0.4) is 0 Å². The molecule has 1 saturated heterocycles. The lowest BCUT2D eigenvalue weighted by atomic mass is 10.1. The summed E-state index contributed by atoms with van der Waals surface area (Å²) in [7, 11) is 1.85. The van der Waals surface area contributed by atoms with Crippen LogP contribution in [0.5, 0.6) is 11.5 Å². The van der Waals surface area contributed by atoms with Gasteiger partial charge in [0.15, 0.2) is 17.5 Å². The fraction of sp³-hybridized carbons (Fsp3) is 0.611. The van der Waals surface area contributed by atoms with Crippen molar-refractivity contribution < 1.29 is 9.47 Å². The van der Waals surface area contributed by atoms with E-state index >= 15 is 0 Å². The van der Waals surface area contributed by atoms with Gasteiger partial charge in [0.05, 0.1) is 13.2 Å². The van der Waals surface area contributed by atoms with E-state index < -0.39 is 0 Å². The van der Waals surface area contributed by atoms with Gasteiger partial charge in [-0.1, -0.05) is 12.1 Å². The number of rotatable bonds is 2. The summed E-state index contributed by atoms with van der Waals surface area (Å²) in [6.07, 6.45) is 0.920. The Morgan fingerprint density at radius 3 is 2.88 bits per heavy atom. The van der Waals surface area contributed by atoms with Crippen molar-refractivity contribution in [1.82, 2.24) is 10.2 Å². The third kappa shape index (κ3) is 5.32. The highest BCUT2D eigenvalue weighted by Gasteiger charge is 2.28. The first-order valence-electron chi connectivity index (χ1n) is 8.56. The maximum absolute atomic E-state index is 5.90. The van der Waals surface area contributed by atoms with Crippen molar-refractivity contribution >= 4 is 41.7 Å². The van der Waals surface area contributed by atoms with E-state index in [4.69, 9.17) is 9.47 Å². The van der Waals surface area contributed by atoms with E-state index in [1.165, 1.54) is 0 Å². The first-order chi connectivity index (χ1) is 11.6. The molecule has 0 atom stereocenters. The summed E-state index contributed by atoms with van der Waals surface area (Å²) in [5, 5.41) is 3.49. The molecule has 2 aliphatic heterocycles. The molecule has 0 aromatic heterocycles. The van der Waals surface area contributed by atoms with Crippen LogP contribution in [0.2, 0.25) is 0 Å². The van der Waals surface area contributed by atoms with E-state index in [-0.39, 0.29) is 28.7 Å². The molecule has 0 spiro atoms. The lowest BCUT2D eigenvalue weighted by Crippen LogP contribution is -2.50. The van der Waals surface area contributed by atoms with Crippen LogP contribution in [0.15, 0.2) is 23.2 Å². The molecule has 0 aliphatic carbocycles. The number of hydrogen-bond acceptors (Lipinski definition) is 4. The molecule has 0 unspecified atom stereocenters. The molecular formula is C18H28IN3O2S. The molecule has 3 rings (SSSR count). The minimum Gasteiger partial charge on any atom is -0.490 e. The zero-order chi connectivity index (χ0) is 17.0. The SMILES string of the molecule is CN=C(NCc1cccc2c1OCCCO2)N1CCSC(C)(C)C1.I. The Labute approximate surface area is 171 Å². The highest BCUT2D eigenvalue weighted by atomic mass is 127. The first-order valence-corrected chi connectivity index (χ1v) is 9.55. The number of para-hydroxylation sites is 1. The minimum absolute atomic E-state index is 0. The number of benzene rings is 1. The molecule has 2 aliphatic rings. The average molecular weight is 477 g/mol. The van der Waals surface area contributed by atoms with Crippen molar-refractivity contribution in [1.29, 1.82) is 0 Å². The fourth-order valence-electron chi connectivity index (χ4n) is 3.10. The van der Waals surface area contributed by atoms with E-state index in [0.29, 0.717) is 19.8 Å². The molecule has 25 heavy (non-hydrogen) atoms. The van der Waals surface area contributed by atoms with Crippen molar-refractivity contribution in [2.75, 3.05) is 39.1 Å². The summed E-state index contributed by atoms with van der Waals surface area (Å²) in [6, 6.07) is 6.08. The number of guanidine groups is 1. The normalized spacial score (nSPS) is 19.6. The highest BCUT2D eigenvalue weighted by Crippen LogP contribution is 2.33. The van der Waals surface area contributed by atoms with Crippen LogP contribution in [0, 0.1) is 0 Å². The van der Waals surface area contributed by atoms with E-state index in [1.807, 2.05) is 30.9 Å². The predicted octanol–water partition coefficient (Wildman–Crippen LogP) is 3.37. The molecule has 7 heteroatoms. The van der Waals surface area contributed by atoms with Gasteiger partial charge >= 0.3 is 0 Å². The zero-order valence-corrected chi connectivity index (χ0v) is 18.4. The molecule has 1 aromatic carbocycles. The number of thioether (sulfide) groups is 1. The third-order valence-electron chi connectivity index (χ3n) is 4.23. The maximum atomic E-state index is 5.90. The van der Waals surface area contributed by atoms with Gasteiger partial charge in [0.2, 0.25) is 0 Å². The van der Waals surface area contributed by atoms with Crippen LogP contribution in [0.25, 0.3) is 0 Å². The second-order valence-corrected chi connectivity index (χ2v) is 8.53. The second-order valence-electron chi connectivity index (χ2n) is 6.73. The van der Waals surface area contributed by atoms with Gasteiger partial charge in [-0.25, -0.2) is 0 Å². The molecule has 5 nitrogen and oxygen atoms in total. The summed E-state index contributed by atoms with van der Waals surface area (Å²) in [4.78, 5) is 6.82. The standard InChI is InChI=1S/C18H27N3O2S.HI/c1-18(2)13-21(8-11-24-18)17(19-3)20-12-14-6-4-7-15-16(14)23-10-5-9-22-15;/h4,6-7H,5,8-13H2,1-3H3,(H,19,20);1H. The van der Waals surface area contributed by atoms with E-state index in [2.05, 4.69) is 35.1 Å². The van der Waals surface area contributed by atoms with Gasteiger partial charge in [0.1, 0.15) is 0 Å². The van der Waals surface area contributed by atoms with Gasteiger partial charge in [-0.05, 0) is 19.9 Å². The number of nitrogens with one attached hydrogen (secondary N) is 1. The highest BCUT2D eigenvalue weighted by molar-refractivity contribution is 14.0. The summed E-state index contributed by atoms with van der Waals surface area (Å²) in [5.74, 6) is 3.80. The average Bonchev–Trinajstić information content (AvgIpc) is 2.80. The molecule has 0 amide bonds. The first kappa shape index (κ1) is 20.5. The van der Waals surface area contributed by atoms with E-state index in [1.54, 1.807) is 0 Å². The van der Waals surface area contributed by atoms with Gasteiger partial charge < -0.3 is 19.7 Å². The molecular weight excluding hydrogens is 449 g/mol. The monoisotopic (exact) mass is 477 g/mol. The zero-order valence-electron chi connectivity index (χ0n) is 15.2. The smallest absolute Gasteiger partial charge is 0.193 e. The third-order valence-corrected chi connectivity index (χ3v) is 5.52. The summed E-state index contributed by atoms with van der Waals surface area (Å²) < 4.78 is 11.9. The minimum atomic E-state index is 0. The van der Waals surface area contributed by atoms with E-state index in [9.17, 15) is 0 Å². The largest absolute Gasteiger partial charge is 0.490 e. The molecule has 1 aromatic rings. The Kier molecular flexibility index (Phi) is 7.54. The Bertz CT molecular complexity index is 610. The van der Waals surface area contributed by atoms with Gasteiger partial charge in [0, 0.05) is 49.2 Å². The number of nitrogens with zero attached hydrogens (tertiary/aromatic N) is 2. The van der Waals surface area contributed by atoms with Crippen molar-refractivity contribution in [3.8, 4) is 11.5 Å². The molecule has 0 saturated carbocycles.